The van der Waals surface area contributed by atoms with E-state index in [0.717, 1.165) is 54.5 Å². The maximum absolute atomic E-state index is 13.7. The number of aromatic amines is 1. The molecule has 0 spiro atoms. The summed E-state index contributed by atoms with van der Waals surface area (Å²) in [6.45, 7) is 5.00. The molecule has 1 N–H and O–H groups in total. The van der Waals surface area contributed by atoms with Crippen LogP contribution in [0.15, 0.2) is 47.3 Å². The third-order valence-corrected chi connectivity index (χ3v) is 7.76. The van der Waals surface area contributed by atoms with Crippen LogP contribution in [0, 0.1) is 13.8 Å². The maximum atomic E-state index is 13.7. The van der Waals surface area contributed by atoms with E-state index in [1.807, 2.05) is 11.6 Å². The minimum atomic E-state index is -0.359. The van der Waals surface area contributed by atoms with Crippen molar-refractivity contribution in [2.75, 3.05) is 11.4 Å². The van der Waals surface area contributed by atoms with Crippen LogP contribution in [-0.4, -0.2) is 31.7 Å². The van der Waals surface area contributed by atoms with Crippen LogP contribution in [0.3, 0.4) is 0 Å². The van der Waals surface area contributed by atoms with Gasteiger partial charge in [0, 0.05) is 17.8 Å². The van der Waals surface area contributed by atoms with E-state index in [1.54, 1.807) is 0 Å². The van der Waals surface area contributed by atoms with Crippen LogP contribution < -0.4 is 10.5 Å². The predicted molar refractivity (Wildman–Crippen MR) is 138 cm³/mol. The van der Waals surface area contributed by atoms with Gasteiger partial charge >= 0.3 is 0 Å². The lowest BCUT2D eigenvalue weighted by atomic mass is 9.93. The molecule has 0 bridgehead atoms. The number of tetrazole rings is 1. The second kappa shape index (κ2) is 8.95. The van der Waals surface area contributed by atoms with E-state index in [4.69, 9.17) is 0 Å². The van der Waals surface area contributed by atoms with E-state index in [0.29, 0.717) is 5.56 Å². The zero-order valence-corrected chi connectivity index (χ0v) is 20.5. The van der Waals surface area contributed by atoms with Gasteiger partial charge in [-0.3, -0.25) is 4.79 Å². The minimum absolute atomic E-state index is 0.0734. The van der Waals surface area contributed by atoms with E-state index < -0.39 is 0 Å². The molecule has 180 valence electrons. The summed E-state index contributed by atoms with van der Waals surface area (Å²) in [6, 6.07) is 14.8. The number of hydrogen-bond acceptors (Lipinski definition) is 5. The summed E-state index contributed by atoms with van der Waals surface area (Å²) < 4.78 is 2.02. The van der Waals surface area contributed by atoms with Crippen LogP contribution in [0.5, 0.6) is 0 Å². The van der Waals surface area contributed by atoms with Gasteiger partial charge in [0.15, 0.2) is 5.82 Å². The van der Waals surface area contributed by atoms with Gasteiger partial charge < -0.3 is 9.88 Å². The first kappa shape index (κ1) is 22.0. The number of H-pyrrole nitrogens is 1. The first-order valence-corrected chi connectivity index (χ1v) is 12.9. The fourth-order valence-corrected chi connectivity index (χ4v) is 6.15. The number of hydrogen-bond donors (Lipinski definition) is 1. The number of para-hydroxylation sites is 1. The predicted octanol–water partition coefficient (Wildman–Crippen LogP) is 5.18. The molecule has 7 nitrogen and oxygen atoms in total. The first-order valence-electron chi connectivity index (χ1n) is 12.9. The van der Waals surface area contributed by atoms with Crippen molar-refractivity contribution in [3.05, 3.63) is 80.9 Å². The third-order valence-electron chi connectivity index (χ3n) is 7.76. The fraction of sp³-hybridized carbons (Fsp3) is 0.429. The third kappa shape index (κ3) is 3.93. The highest BCUT2D eigenvalue weighted by atomic mass is 16.1. The minimum Gasteiger partial charge on any atom is -0.357 e. The quantitative estimate of drug-likeness (QED) is 0.446. The Hall–Kier alpha value is -3.48. The molecule has 0 saturated heterocycles. The molecule has 0 amide bonds. The Bertz CT molecular complexity index is 1430. The summed E-state index contributed by atoms with van der Waals surface area (Å²) in [5.74, 6) is 0.767. The number of aryl methyl sites for hydroxylation is 3. The number of rotatable bonds is 4. The van der Waals surface area contributed by atoms with Gasteiger partial charge in [0.1, 0.15) is 6.04 Å². The molecule has 1 fully saturated rings. The summed E-state index contributed by atoms with van der Waals surface area (Å²) in [7, 11) is 0. The molecule has 35 heavy (non-hydrogen) atoms. The zero-order valence-electron chi connectivity index (χ0n) is 20.5. The normalized spacial score (nSPS) is 17.5. The number of nitrogens with zero attached hydrogens (tertiary/aromatic N) is 5. The van der Waals surface area contributed by atoms with Gasteiger partial charge in [0.25, 0.3) is 5.56 Å². The van der Waals surface area contributed by atoms with Crippen molar-refractivity contribution >= 4 is 16.6 Å². The second-order valence-corrected chi connectivity index (χ2v) is 10.2. The average Bonchev–Trinajstić information content (AvgIpc) is 3.35. The molecule has 3 heterocycles. The van der Waals surface area contributed by atoms with Crippen molar-refractivity contribution in [2.45, 2.75) is 70.9 Å². The van der Waals surface area contributed by atoms with E-state index in [-0.39, 0.29) is 17.6 Å². The van der Waals surface area contributed by atoms with Crippen LogP contribution in [0.25, 0.3) is 10.9 Å². The Labute approximate surface area is 205 Å². The summed E-state index contributed by atoms with van der Waals surface area (Å²) in [5, 5.41) is 14.2. The molecule has 6 rings (SSSR count). The SMILES string of the molecule is Cc1cc(C)c2[nH]c(=O)c([C@H](c3nnnn3C3CCCCC3)N3CCCc4ccccc43)cc2c1. The van der Waals surface area contributed by atoms with E-state index in [9.17, 15) is 4.79 Å². The van der Waals surface area contributed by atoms with E-state index in [1.165, 1.54) is 36.1 Å². The summed E-state index contributed by atoms with van der Waals surface area (Å²) in [6.07, 6.45) is 7.87. The largest absolute Gasteiger partial charge is 0.357 e. The molecule has 0 radical (unpaired) electrons. The van der Waals surface area contributed by atoms with Crippen molar-refractivity contribution in [1.29, 1.82) is 0 Å². The lowest BCUT2D eigenvalue weighted by Crippen LogP contribution is -2.39. The monoisotopic (exact) mass is 468 g/mol. The Kier molecular flexibility index (Phi) is 5.63. The van der Waals surface area contributed by atoms with Crippen molar-refractivity contribution in [1.82, 2.24) is 25.2 Å². The Morgan fingerprint density at radius 2 is 1.86 bits per heavy atom. The lowest BCUT2D eigenvalue weighted by molar-refractivity contribution is 0.313. The van der Waals surface area contributed by atoms with Crippen molar-refractivity contribution in [3.8, 4) is 0 Å². The molecule has 2 aromatic heterocycles. The molecule has 2 aliphatic rings. The van der Waals surface area contributed by atoms with E-state index >= 15 is 0 Å². The smallest absolute Gasteiger partial charge is 0.254 e. The molecular weight excluding hydrogens is 436 g/mol. The molecule has 4 aromatic rings. The fourth-order valence-electron chi connectivity index (χ4n) is 6.15. The highest BCUT2D eigenvalue weighted by Gasteiger charge is 2.34. The number of fused-ring (bicyclic) bond motifs is 2. The summed E-state index contributed by atoms with van der Waals surface area (Å²) in [4.78, 5) is 19.2. The number of anilines is 1. The highest BCUT2D eigenvalue weighted by molar-refractivity contribution is 5.83. The average molecular weight is 469 g/mol. The molecule has 7 heteroatoms. The van der Waals surface area contributed by atoms with E-state index in [2.05, 4.69) is 74.8 Å². The molecule has 2 aromatic carbocycles. The molecule has 1 aliphatic carbocycles. The second-order valence-electron chi connectivity index (χ2n) is 10.2. The van der Waals surface area contributed by atoms with Crippen LogP contribution in [0.4, 0.5) is 5.69 Å². The molecule has 0 unspecified atom stereocenters. The first-order chi connectivity index (χ1) is 17.1. The number of benzene rings is 2. The van der Waals surface area contributed by atoms with Gasteiger partial charge in [0.2, 0.25) is 0 Å². The lowest BCUT2D eigenvalue weighted by Gasteiger charge is -2.38. The van der Waals surface area contributed by atoms with Crippen molar-refractivity contribution in [3.63, 3.8) is 0 Å². The Morgan fingerprint density at radius 1 is 1.03 bits per heavy atom. The summed E-state index contributed by atoms with van der Waals surface area (Å²) >= 11 is 0. The molecule has 1 aliphatic heterocycles. The number of pyridine rings is 1. The standard InChI is InChI=1S/C28H32N6O/c1-18-15-19(2)25-21(16-18)17-23(28(35)29-25)26(33-14-8-10-20-9-6-7-13-24(20)33)27-30-31-32-34(27)22-11-4-3-5-12-22/h6-7,9,13,15-17,22,26H,3-5,8,10-12,14H2,1-2H3,(H,29,35)/t26-/m1/s1. The van der Waals surface area contributed by atoms with Crippen LogP contribution in [0.2, 0.25) is 0 Å². The maximum Gasteiger partial charge on any atom is 0.254 e. The number of nitrogens with one attached hydrogen (secondary N) is 1. The Balaban J connectivity index is 1.57. The van der Waals surface area contributed by atoms with Crippen LogP contribution >= 0.6 is 0 Å². The topological polar surface area (TPSA) is 79.7 Å². The van der Waals surface area contributed by atoms with Crippen molar-refractivity contribution < 1.29 is 0 Å². The zero-order chi connectivity index (χ0) is 23.9. The van der Waals surface area contributed by atoms with Gasteiger partial charge in [0.05, 0.1) is 11.6 Å². The molecule has 1 atom stereocenters. The summed E-state index contributed by atoms with van der Waals surface area (Å²) in [5.41, 5.74) is 6.26. The Morgan fingerprint density at radius 3 is 2.71 bits per heavy atom. The van der Waals surface area contributed by atoms with Gasteiger partial charge in [-0.25, -0.2) is 4.68 Å². The van der Waals surface area contributed by atoms with Gasteiger partial charge in [-0.1, -0.05) is 49.1 Å². The highest BCUT2D eigenvalue weighted by Crippen LogP contribution is 2.38. The van der Waals surface area contributed by atoms with Crippen LogP contribution in [-0.2, 0) is 6.42 Å². The van der Waals surface area contributed by atoms with Gasteiger partial charge in [-0.15, -0.1) is 5.10 Å². The van der Waals surface area contributed by atoms with Crippen LogP contribution in [0.1, 0.15) is 78.7 Å². The van der Waals surface area contributed by atoms with Gasteiger partial charge in [-0.05, 0) is 84.7 Å². The van der Waals surface area contributed by atoms with Crippen molar-refractivity contribution in [2.24, 2.45) is 0 Å². The van der Waals surface area contributed by atoms with Gasteiger partial charge in [-0.2, -0.15) is 0 Å². The molecular formula is C28H32N6O. The number of aromatic nitrogens is 5. The molecule has 1 saturated carbocycles.